The van der Waals surface area contributed by atoms with Crippen LogP contribution < -0.4 is 5.32 Å². The molecular weight excluding hydrogens is 375 g/mol. The van der Waals surface area contributed by atoms with Crippen molar-refractivity contribution in [2.24, 2.45) is 0 Å². The van der Waals surface area contributed by atoms with Crippen molar-refractivity contribution in [3.05, 3.63) is 75.5 Å². The van der Waals surface area contributed by atoms with Crippen molar-refractivity contribution < 1.29 is 9.18 Å². The van der Waals surface area contributed by atoms with Crippen molar-refractivity contribution in [3.8, 4) is 0 Å². The molecule has 1 N–H and O–H groups in total. The monoisotopic (exact) mass is 396 g/mol. The second kappa shape index (κ2) is 8.16. The van der Waals surface area contributed by atoms with Crippen molar-refractivity contribution in [3.63, 3.8) is 0 Å². The Kier molecular flexibility index (Phi) is 5.45. The molecule has 1 atom stereocenters. The lowest BCUT2D eigenvalue weighted by Gasteiger charge is -2.23. The van der Waals surface area contributed by atoms with E-state index in [9.17, 15) is 9.18 Å². The summed E-state index contributed by atoms with van der Waals surface area (Å²) in [5.74, 6) is -0.670. The Bertz CT molecular complexity index is 955. The molecule has 0 radical (unpaired) electrons. The van der Waals surface area contributed by atoms with E-state index in [0.717, 1.165) is 24.4 Å². The summed E-state index contributed by atoms with van der Waals surface area (Å²) in [6.07, 6.45) is 2.27. The number of hydrogen-bond donors (Lipinski definition) is 1. The zero-order chi connectivity index (χ0) is 19.5. The van der Waals surface area contributed by atoms with Gasteiger partial charge in [-0.1, -0.05) is 41.2 Å². The number of rotatable bonds is 5. The molecule has 0 bridgehead atoms. The van der Waals surface area contributed by atoms with Crippen LogP contribution in [-0.2, 0) is 6.54 Å². The lowest BCUT2D eigenvalue weighted by Crippen LogP contribution is -2.22. The van der Waals surface area contributed by atoms with Gasteiger partial charge < -0.3 is 5.32 Å². The largest absolute Gasteiger partial charge is 0.320 e. The third-order valence-corrected chi connectivity index (χ3v) is 5.83. The van der Waals surface area contributed by atoms with E-state index >= 15 is 0 Å². The van der Waals surface area contributed by atoms with Crippen molar-refractivity contribution in [1.29, 1.82) is 0 Å². The summed E-state index contributed by atoms with van der Waals surface area (Å²) in [7, 11) is 0. The van der Waals surface area contributed by atoms with E-state index in [0.29, 0.717) is 23.3 Å². The van der Waals surface area contributed by atoms with Gasteiger partial charge in [-0.05, 0) is 56.1 Å². The van der Waals surface area contributed by atoms with E-state index in [-0.39, 0.29) is 11.7 Å². The zero-order valence-electron chi connectivity index (χ0n) is 15.6. The molecule has 4 rings (SSSR count). The van der Waals surface area contributed by atoms with Crippen LogP contribution in [0.1, 0.15) is 44.8 Å². The number of halogens is 1. The van der Waals surface area contributed by atoms with Gasteiger partial charge in [-0.3, -0.25) is 9.69 Å². The third-order valence-electron chi connectivity index (χ3n) is 4.93. The second-order valence-electron chi connectivity index (χ2n) is 7.00. The molecule has 1 amide bonds. The summed E-state index contributed by atoms with van der Waals surface area (Å²) in [5.41, 5.74) is 3.11. The van der Waals surface area contributed by atoms with E-state index in [2.05, 4.69) is 51.6 Å². The highest BCUT2D eigenvalue weighted by molar-refractivity contribution is 7.13. The maximum Gasteiger partial charge on any atom is 0.286 e. The Labute approximate surface area is 167 Å². The van der Waals surface area contributed by atoms with Gasteiger partial charge in [0.2, 0.25) is 5.01 Å². The first-order chi connectivity index (χ1) is 13.6. The van der Waals surface area contributed by atoms with Gasteiger partial charge >= 0.3 is 0 Å². The van der Waals surface area contributed by atoms with Gasteiger partial charge in [-0.25, -0.2) is 4.39 Å². The number of hydrogen-bond acceptors (Lipinski definition) is 5. The van der Waals surface area contributed by atoms with Gasteiger partial charge in [0.15, 0.2) is 0 Å². The Morgan fingerprint density at radius 3 is 2.68 bits per heavy atom. The van der Waals surface area contributed by atoms with Crippen LogP contribution in [0.3, 0.4) is 0 Å². The van der Waals surface area contributed by atoms with Gasteiger partial charge in [0.1, 0.15) is 10.8 Å². The second-order valence-corrected chi connectivity index (χ2v) is 8.06. The van der Waals surface area contributed by atoms with Crippen molar-refractivity contribution in [1.82, 2.24) is 15.1 Å². The average molecular weight is 396 g/mol. The average Bonchev–Trinajstić information content (AvgIpc) is 3.34. The van der Waals surface area contributed by atoms with Crippen molar-refractivity contribution >= 4 is 22.9 Å². The lowest BCUT2D eigenvalue weighted by molar-refractivity contribution is 0.102. The predicted molar refractivity (Wildman–Crippen MR) is 108 cm³/mol. The molecule has 1 fully saturated rings. The molecule has 7 heteroatoms. The summed E-state index contributed by atoms with van der Waals surface area (Å²) in [4.78, 5) is 14.8. The molecule has 1 aromatic heterocycles. The Balaban J connectivity index is 1.41. The first-order valence-electron chi connectivity index (χ1n) is 9.28. The molecule has 2 aromatic carbocycles. The molecular formula is C21H21FN4OS. The van der Waals surface area contributed by atoms with E-state index in [1.807, 2.05) is 0 Å². The highest BCUT2D eigenvalue weighted by Crippen LogP contribution is 2.33. The number of likely N-dealkylation sites (tertiary alicyclic amines) is 1. The summed E-state index contributed by atoms with van der Waals surface area (Å²) < 4.78 is 13.0. The molecule has 0 aliphatic carbocycles. The molecule has 5 nitrogen and oxygen atoms in total. The molecule has 2 heterocycles. The van der Waals surface area contributed by atoms with E-state index in [1.54, 1.807) is 0 Å². The molecule has 1 saturated heterocycles. The number of aryl methyl sites for hydroxylation is 1. The summed E-state index contributed by atoms with van der Waals surface area (Å²) >= 11 is 1.30. The number of aromatic nitrogens is 2. The molecule has 1 aliphatic rings. The number of carbonyl (C=O) groups excluding carboxylic acids is 1. The highest BCUT2D eigenvalue weighted by atomic mass is 32.1. The standard InChI is InChI=1S/C21H21FN4OS/c1-14-4-6-15(7-5-14)18-3-2-12-26(18)13-19-24-25-21(28-19)20(27)23-17-10-8-16(22)9-11-17/h4-11,18H,2-3,12-13H2,1H3,(H,23,27). The molecule has 0 saturated carbocycles. The maximum atomic E-state index is 13.0. The minimum Gasteiger partial charge on any atom is -0.320 e. The van der Waals surface area contributed by atoms with Gasteiger partial charge in [-0.15, -0.1) is 10.2 Å². The summed E-state index contributed by atoms with van der Waals surface area (Å²) in [6.45, 7) is 3.78. The van der Waals surface area contributed by atoms with Crippen LogP contribution in [0, 0.1) is 12.7 Å². The number of anilines is 1. The molecule has 1 unspecified atom stereocenters. The molecule has 144 valence electrons. The Morgan fingerprint density at radius 2 is 1.93 bits per heavy atom. The lowest BCUT2D eigenvalue weighted by atomic mass is 10.0. The van der Waals surface area contributed by atoms with Gasteiger partial charge in [-0.2, -0.15) is 0 Å². The van der Waals surface area contributed by atoms with E-state index in [1.165, 1.54) is 46.7 Å². The van der Waals surface area contributed by atoms with Crippen LogP contribution in [0.5, 0.6) is 0 Å². The quantitative estimate of drug-likeness (QED) is 0.686. The van der Waals surface area contributed by atoms with Crippen LogP contribution in [0.25, 0.3) is 0 Å². The first-order valence-corrected chi connectivity index (χ1v) is 10.1. The van der Waals surface area contributed by atoms with Crippen LogP contribution in [0.2, 0.25) is 0 Å². The number of carbonyl (C=O) groups is 1. The topological polar surface area (TPSA) is 58.1 Å². The van der Waals surface area contributed by atoms with Gasteiger partial charge in [0.05, 0.1) is 6.54 Å². The van der Waals surface area contributed by atoms with Crippen molar-refractivity contribution in [2.75, 3.05) is 11.9 Å². The van der Waals surface area contributed by atoms with Gasteiger partial charge in [0, 0.05) is 11.7 Å². The maximum absolute atomic E-state index is 13.0. The van der Waals surface area contributed by atoms with Gasteiger partial charge in [0.25, 0.3) is 5.91 Å². The SMILES string of the molecule is Cc1ccc(C2CCCN2Cc2nnc(C(=O)Nc3ccc(F)cc3)s2)cc1. The highest BCUT2D eigenvalue weighted by Gasteiger charge is 2.27. The molecule has 28 heavy (non-hydrogen) atoms. The van der Waals surface area contributed by atoms with Crippen LogP contribution in [-0.4, -0.2) is 27.5 Å². The normalized spacial score (nSPS) is 17.0. The fourth-order valence-corrected chi connectivity index (χ4v) is 4.24. The van der Waals surface area contributed by atoms with E-state index < -0.39 is 0 Å². The van der Waals surface area contributed by atoms with Crippen LogP contribution in [0.15, 0.2) is 48.5 Å². The number of nitrogens with one attached hydrogen (secondary N) is 1. The fraction of sp³-hybridized carbons (Fsp3) is 0.286. The van der Waals surface area contributed by atoms with E-state index in [4.69, 9.17) is 0 Å². The number of amides is 1. The van der Waals surface area contributed by atoms with Crippen LogP contribution in [0.4, 0.5) is 10.1 Å². The summed E-state index contributed by atoms with van der Waals surface area (Å²) in [6, 6.07) is 14.7. The number of nitrogens with zero attached hydrogens (tertiary/aromatic N) is 3. The first kappa shape index (κ1) is 18.7. The minimum atomic E-state index is -0.343. The molecule has 3 aromatic rings. The minimum absolute atomic E-state index is 0.311. The van der Waals surface area contributed by atoms with Crippen molar-refractivity contribution in [2.45, 2.75) is 32.4 Å². The number of benzene rings is 2. The van der Waals surface area contributed by atoms with Crippen LogP contribution >= 0.6 is 11.3 Å². The Morgan fingerprint density at radius 1 is 1.18 bits per heavy atom. The third kappa shape index (κ3) is 4.26. The molecule has 1 aliphatic heterocycles. The zero-order valence-corrected chi connectivity index (χ0v) is 16.4. The fourth-order valence-electron chi connectivity index (χ4n) is 3.48. The predicted octanol–water partition coefficient (Wildman–Crippen LogP) is 4.58. The Hall–Kier alpha value is -2.64. The summed E-state index contributed by atoms with van der Waals surface area (Å²) in [5, 5.41) is 12.1. The smallest absolute Gasteiger partial charge is 0.286 e. The molecule has 0 spiro atoms.